The number of pyridine rings is 1. The van der Waals surface area contributed by atoms with Gasteiger partial charge in [0.2, 0.25) is 11.8 Å². The molecule has 0 fully saturated rings. The average molecular weight is 549 g/mol. The predicted octanol–water partition coefficient (Wildman–Crippen LogP) is 3.87. The van der Waals surface area contributed by atoms with Crippen molar-refractivity contribution in [3.8, 4) is 27.9 Å². The summed E-state index contributed by atoms with van der Waals surface area (Å²) in [6.07, 6.45) is 1.91. The number of hydrogen-bond donors (Lipinski definition) is 2. The molecule has 0 radical (unpaired) electrons. The first kappa shape index (κ1) is 25.9. The Balaban J connectivity index is 1.55. The van der Waals surface area contributed by atoms with E-state index in [2.05, 4.69) is 5.32 Å². The van der Waals surface area contributed by atoms with Crippen molar-refractivity contribution in [3.63, 3.8) is 0 Å². The zero-order valence-electron chi connectivity index (χ0n) is 22.3. The maximum Gasteiger partial charge on any atom is 0.340 e. The normalized spacial score (nSPS) is 11.8. The van der Waals surface area contributed by atoms with Crippen LogP contribution < -0.4 is 22.3 Å². The molecule has 0 unspecified atom stereocenters. The van der Waals surface area contributed by atoms with Gasteiger partial charge in [0, 0.05) is 31.3 Å². The van der Waals surface area contributed by atoms with Crippen LogP contribution in [0, 0.1) is 12.7 Å². The minimum atomic E-state index is -0.682. The topological polar surface area (TPSA) is 116 Å². The number of aromatic nitrogens is 2. The van der Waals surface area contributed by atoms with Crippen LogP contribution in [-0.4, -0.2) is 20.8 Å². The van der Waals surface area contributed by atoms with Crippen LogP contribution in [-0.2, 0) is 17.8 Å². The second-order valence-electron chi connectivity index (χ2n) is 10.1. The number of amides is 2. The van der Waals surface area contributed by atoms with Crippen molar-refractivity contribution < 1.29 is 14.0 Å². The summed E-state index contributed by atoms with van der Waals surface area (Å²) in [4.78, 5) is 50.3. The third kappa shape index (κ3) is 4.22. The van der Waals surface area contributed by atoms with Gasteiger partial charge in [-0.3, -0.25) is 18.8 Å². The molecule has 9 heteroatoms. The molecule has 1 aliphatic carbocycles. The van der Waals surface area contributed by atoms with Gasteiger partial charge in [0.05, 0.1) is 11.2 Å². The summed E-state index contributed by atoms with van der Waals surface area (Å²) in [5.74, 6) is -1.33. The molecule has 2 aromatic heterocycles. The van der Waals surface area contributed by atoms with E-state index in [1.807, 2.05) is 37.3 Å². The molecule has 0 atom stereocenters. The van der Waals surface area contributed by atoms with E-state index in [1.165, 1.54) is 25.3 Å². The minimum absolute atomic E-state index is 0.0955. The Morgan fingerprint density at radius 1 is 0.976 bits per heavy atom. The first-order valence-electron chi connectivity index (χ1n) is 13.0. The van der Waals surface area contributed by atoms with Crippen LogP contribution in [0.2, 0.25) is 0 Å². The Labute approximate surface area is 233 Å². The lowest BCUT2D eigenvalue weighted by atomic mass is 9.89. The average Bonchev–Trinajstić information content (AvgIpc) is 3.32. The highest BCUT2D eigenvalue weighted by Gasteiger charge is 2.28. The molecule has 2 heterocycles. The summed E-state index contributed by atoms with van der Waals surface area (Å²) in [6.45, 7) is 3.66. The molecule has 3 aromatic carbocycles. The second-order valence-corrected chi connectivity index (χ2v) is 10.1. The fourth-order valence-corrected chi connectivity index (χ4v) is 5.72. The SMILES string of the molecule is CC(=O)NCc1ccc2c(c1)Cc1c(C(N)=O)ccc(-c3cccc(-n4c(=O)cc5c(F)cccn5c4=O)c3C)c1-2. The molecule has 5 aromatic rings. The number of rotatable bonds is 5. The summed E-state index contributed by atoms with van der Waals surface area (Å²) in [5.41, 5.74) is 11.9. The lowest BCUT2D eigenvalue weighted by molar-refractivity contribution is -0.119. The van der Waals surface area contributed by atoms with Gasteiger partial charge in [-0.1, -0.05) is 36.4 Å². The summed E-state index contributed by atoms with van der Waals surface area (Å²) >= 11 is 0. The van der Waals surface area contributed by atoms with Gasteiger partial charge in [-0.2, -0.15) is 0 Å². The number of nitrogens with two attached hydrogens (primary N) is 1. The summed E-state index contributed by atoms with van der Waals surface area (Å²) in [6, 6.07) is 18.5. The number of halogens is 1. The zero-order valence-corrected chi connectivity index (χ0v) is 22.3. The minimum Gasteiger partial charge on any atom is -0.366 e. The van der Waals surface area contributed by atoms with Gasteiger partial charge in [-0.05, 0) is 82.1 Å². The van der Waals surface area contributed by atoms with Crippen molar-refractivity contribution in [2.75, 3.05) is 0 Å². The monoisotopic (exact) mass is 548 g/mol. The van der Waals surface area contributed by atoms with Gasteiger partial charge < -0.3 is 11.1 Å². The number of carbonyl (C=O) groups excluding carboxylic acids is 2. The van der Waals surface area contributed by atoms with Crippen LogP contribution in [0.4, 0.5) is 4.39 Å². The van der Waals surface area contributed by atoms with Crippen LogP contribution in [0.3, 0.4) is 0 Å². The molecule has 0 aliphatic heterocycles. The number of fused-ring (bicyclic) bond motifs is 4. The highest BCUT2D eigenvalue weighted by Crippen LogP contribution is 2.45. The third-order valence-corrected chi connectivity index (χ3v) is 7.62. The first-order chi connectivity index (χ1) is 19.7. The van der Waals surface area contributed by atoms with Crippen LogP contribution in [0.25, 0.3) is 33.5 Å². The van der Waals surface area contributed by atoms with Gasteiger partial charge in [-0.25, -0.2) is 13.8 Å². The van der Waals surface area contributed by atoms with E-state index >= 15 is 0 Å². The van der Waals surface area contributed by atoms with E-state index in [-0.39, 0.29) is 11.4 Å². The van der Waals surface area contributed by atoms with Gasteiger partial charge in [0.1, 0.15) is 5.82 Å². The molecule has 0 saturated heterocycles. The standard InChI is InChI=1S/C32H25FN4O4/c1-17-21(5-3-7-27(17)37-29(39)15-28-26(33)6-4-12-36(28)32(37)41)23-10-11-24(31(34)40)25-14-20-13-19(16-35-18(2)38)8-9-22(20)30(23)25/h3-13,15H,14,16H2,1-2H3,(H2,34,40)(H,35,38). The molecule has 41 heavy (non-hydrogen) atoms. The van der Waals surface area contributed by atoms with Crippen molar-refractivity contribution in [1.82, 2.24) is 14.3 Å². The van der Waals surface area contributed by atoms with Crippen molar-refractivity contribution in [1.29, 1.82) is 0 Å². The quantitative estimate of drug-likeness (QED) is 0.340. The first-order valence-corrected chi connectivity index (χ1v) is 13.0. The number of benzene rings is 3. The number of nitrogens with zero attached hydrogens (tertiary/aromatic N) is 2. The molecular weight excluding hydrogens is 523 g/mol. The molecule has 0 bridgehead atoms. The number of carbonyl (C=O) groups is 2. The molecular formula is C32H25FN4O4. The van der Waals surface area contributed by atoms with Crippen molar-refractivity contribution in [3.05, 3.63) is 127 Å². The maximum atomic E-state index is 14.3. The summed E-state index contributed by atoms with van der Waals surface area (Å²) in [7, 11) is 0. The highest BCUT2D eigenvalue weighted by atomic mass is 19.1. The van der Waals surface area contributed by atoms with Crippen molar-refractivity contribution in [2.24, 2.45) is 5.73 Å². The van der Waals surface area contributed by atoms with Crippen LogP contribution in [0.15, 0.2) is 82.5 Å². The van der Waals surface area contributed by atoms with Crippen molar-refractivity contribution in [2.45, 2.75) is 26.8 Å². The smallest absolute Gasteiger partial charge is 0.340 e. The zero-order chi connectivity index (χ0) is 29.0. The Morgan fingerprint density at radius 3 is 2.51 bits per heavy atom. The van der Waals surface area contributed by atoms with E-state index in [1.54, 1.807) is 18.2 Å². The Kier molecular flexibility index (Phi) is 6.14. The molecule has 0 saturated carbocycles. The van der Waals surface area contributed by atoms with Crippen LogP contribution in [0.5, 0.6) is 0 Å². The summed E-state index contributed by atoms with van der Waals surface area (Å²) < 4.78 is 16.5. The van der Waals surface area contributed by atoms with Gasteiger partial charge in [-0.15, -0.1) is 0 Å². The summed E-state index contributed by atoms with van der Waals surface area (Å²) in [5, 5.41) is 2.80. The van der Waals surface area contributed by atoms with E-state index in [0.717, 1.165) is 54.0 Å². The Bertz CT molecular complexity index is 2060. The fraction of sp³-hybridized carbons (Fsp3) is 0.125. The number of nitrogens with one attached hydrogen (secondary N) is 1. The van der Waals surface area contributed by atoms with E-state index < -0.39 is 23.0 Å². The van der Waals surface area contributed by atoms with Crippen molar-refractivity contribution >= 4 is 17.3 Å². The van der Waals surface area contributed by atoms with E-state index in [0.29, 0.717) is 29.8 Å². The second kappa shape index (κ2) is 9.71. The number of primary amides is 1. The van der Waals surface area contributed by atoms with E-state index in [4.69, 9.17) is 5.73 Å². The predicted molar refractivity (Wildman–Crippen MR) is 154 cm³/mol. The van der Waals surface area contributed by atoms with Gasteiger partial charge >= 0.3 is 5.69 Å². The van der Waals surface area contributed by atoms with Crippen LogP contribution in [0.1, 0.15) is 39.5 Å². The lowest BCUT2D eigenvalue weighted by Crippen LogP contribution is -2.36. The van der Waals surface area contributed by atoms with Gasteiger partial charge in [0.25, 0.3) is 5.56 Å². The highest BCUT2D eigenvalue weighted by molar-refractivity contribution is 6.02. The third-order valence-electron chi connectivity index (χ3n) is 7.62. The fourth-order valence-electron chi connectivity index (χ4n) is 5.72. The van der Waals surface area contributed by atoms with Crippen LogP contribution >= 0.6 is 0 Å². The lowest BCUT2D eigenvalue weighted by Gasteiger charge is -2.17. The molecule has 0 spiro atoms. The molecule has 2 amide bonds. The molecule has 8 nitrogen and oxygen atoms in total. The molecule has 1 aliphatic rings. The van der Waals surface area contributed by atoms with Gasteiger partial charge in [0.15, 0.2) is 0 Å². The maximum absolute atomic E-state index is 14.3. The van der Waals surface area contributed by atoms with E-state index in [9.17, 15) is 23.6 Å². The Hall–Kier alpha value is -5.31. The number of hydrogen-bond acceptors (Lipinski definition) is 4. The molecule has 3 N–H and O–H groups in total. The molecule has 204 valence electrons. The Morgan fingerprint density at radius 2 is 1.76 bits per heavy atom. The largest absolute Gasteiger partial charge is 0.366 e. The molecule has 6 rings (SSSR count).